The second kappa shape index (κ2) is 18.8. The predicted molar refractivity (Wildman–Crippen MR) is 118 cm³/mol. The minimum atomic E-state index is -0.0704. The van der Waals surface area contributed by atoms with E-state index in [1.807, 2.05) is 6.92 Å². The zero-order valence-electron chi connectivity index (χ0n) is 19.2. The van der Waals surface area contributed by atoms with E-state index >= 15 is 0 Å². The quantitative estimate of drug-likeness (QED) is 0.130. The Morgan fingerprint density at radius 1 is 0.630 bits per heavy atom. The molecule has 27 heavy (non-hydrogen) atoms. The molecule has 0 saturated carbocycles. The topological polar surface area (TPSA) is 26.3 Å². The zero-order valence-corrected chi connectivity index (χ0v) is 19.2. The van der Waals surface area contributed by atoms with Crippen molar-refractivity contribution < 1.29 is 14.0 Å². The van der Waals surface area contributed by atoms with E-state index in [-0.39, 0.29) is 5.97 Å². The van der Waals surface area contributed by atoms with Crippen LogP contribution in [0, 0.1) is 0 Å². The lowest BCUT2D eigenvalue weighted by atomic mass is 10.0. The van der Waals surface area contributed by atoms with E-state index in [0.29, 0.717) is 13.2 Å². The molecule has 0 spiro atoms. The van der Waals surface area contributed by atoms with Gasteiger partial charge in [0, 0.05) is 0 Å². The van der Waals surface area contributed by atoms with Crippen LogP contribution in [-0.2, 0) is 9.53 Å². The minimum absolute atomic E-state index is 0.0704. The van der Waals surface area contributed by atoms with Crippen LogP contribution in [0.5, 0.6) is 0 Å². The first-order chi connectivity index (χ1) is 13.0. The number of rotatable bonds is 20. The van der Waals surface area contributed by atoms with Gasteiger partial charge < -0.3 is 9.22 Å². The fourth-order valence-electron chi connectivity index (χ4n) is 3.72. The predicted octanol–water partition coefficient (Wildman–Crippen LogP) is 6.89. The maximum absolute atomic E-state index is 11.6. The molecule has 162 valence electrons. The first kappa shape index (κ1) is 26.4. The van der Waals surface area contributed by atoms with E-state index < -0.39 is 0 Å². The largest absolute Gasteiger partial charge is 0.462 e. The summed E-state index contributed by atoms with van der Waals surface area (Å²) in [5, 5.41) is 0. The third-order valence-electron chi connectivity index (χ3n) is 5.48. The third-order valence-corrected chi connectivity index (χ3v) is 5.48. The van der Waals surface area contributed by atoms with Crippen LogP contribution < -0.4 is 0 Å². The number of likely N-dealkylation sites (N-methyl/N-ethyl adjacent to an activating group) is 1. The molecule has 0 aliphatic heterocycles. The Kier molecular flexibility index (Phi) is 18.4. The zero-order chi connectivity index (χ0) is 20.2. The smallest absolute Gasteiger partial charge is 0.361 e. The van der Waals surface area contributed by atoms with Gasteiger partial charge in [-0.25, -0.2) is 4.79 Å². The van der Waals surface area contributed by atoms with Gasteiger partial charge >= 0.3 is 5.97 Å². The summed E-state index contributed by atoms with van der Waals surface area (Å²) >= 11 is 0. The fourth-order valence-corrected chi connectivity index (χ4v) is 3.72. The van der Waals surface area contributed by atoms with Crippen LogP contribution in [0.2, 0.25) is 0 Å². The van der Waals surface area contributed by atoms with Crippen molar-refractivity contribution in [3.8, 4) is 0 Å². The van der Waals surface area contributed by atoms with Gasteiger partial charge in [0.2, 0.25) is 0 Å². The first-order valence-electron chi connectivity index (χ1n) is 12.0. The Morgan fingerprint density at radius 2 is 1.00 bits per heavy atom. The highest BCUT2D eigenvalue weighted by Gasteiger charge is 2.20. The van der Waals surface area contributed by atoms with Gasteiger partial charge in [0.1, 0.15) is 0 Å². The molecule has 0 heterocycles. The molecule has 0 aromatic carbocycles. The van der Waals surface area contributed by atoms with Crippen molar-refractivity contribution in [2.45, 2.75) is 117 Å². The molecule has 0 rings (SSSR count). The Labute approximate surface area is 170 Å². The summed E-state index contributed by atoms with van der Waals surface area (Å²) in [7, 11) is 4.25. The molecule has 0 amide bonds. The van der Waals surface area contributed by atoms with Crippen LogP contribution in [0.15, 0.2) is 0 Å². The Balaban J connectivity index is 3.28. The molecule has 0 bridgehead atoms. The normalized spacial score (nSPS) is 11.7. The van der Waals surface area contributed by atoms with Crippen molar-refractivity contribution >= 4 is 5.97 Å². The van der Waals surface area contributed by atoms with Crippen LogP contribution in [-0.4, -0.2) is 44.2 Å². The van der Waals surface area contributed by atoms with Gasteiger partial charge in [0.05, 0.1) is 27.2 Å². The molecule has 0 fully saturated rings. The van der Waals surface area contributed by atoms with Crippen LogP contribution >= 0.6 is 0 Å². The molecular formula is C24H50NO2+. The number of esters is 1. The number of ether oxygens (including phenoxy) is 1. The van der Waals surface area contributed by atoms with Crippen LogP contribution in [0.1, 0.15) is 117 Å². The third kappa shape index (κ3) is 20.0. The van der Waals surface area contributed by atoms with Gasteiger partial charge in [0.15, 0.2) is 6.54 Å². The maximum Gasteiger partial charge on any atom is 0.361 e. The molecule has 0 aliphatic carbocycles. The molecule has 0 atom stereocenters. The van der Waals surface area contributed by atoms with Gasteiger partial charge in [-0.2, -0.15) is 0 Å². The summed E-state index contributed by atoms with van der Waals surface area (Å²) in [5.41, 5.74) is 0. The summed E-state index contributed by atoms with van der Waals surface area (Å²) in [6.45, 7) is 6.20. The maximum atomic E-state index is 11.6. The van der Waals surface area contributed by atoms with Gasteiger partial charge in [0.25, 0.3) is 0 Å². The highest BCUT2D eigenvalue weighted by molar-refractivity contribution is 5.70. The molecule has 3 nitrogen and oxygen atoms in total. The lowest BCUT2D eigenvalue weighted by Crippen LogP contribution is -2.45. The molecule has 0 aromatic heterocycles. The number of hydrogen-bond acceptors (Lipinski definition) is 2. The number of hydrogen-bond donors (Lipinski definition) is 0. The van der Waals surface area contributed by atoms with Crippen LogP contribution in [0.3, 0.4) is 0 Å². The number of unbranched alkanes of at least 4 members (excludes halogenated alkanes) is 15. The van der Waals surface area contributed by atoms with E-state index in [4.69, 9.17) is 4.74 Å². The average Bonchev–Trinajstić information content (AvgIpc) is 2.61. The highest BCUT2D eigenvalue weighted by atomic mass is 16.5. The monoisotopic (exact) mass is 384 g/mol. The summed E-state index contributed by atoms with van der Waals surface area (Å²) in [4.78, 5) is 11.6. The number of quaternary nitrogens is 1. The SMILES string of the molecule is CCCCCCCCCCCCCCCCCC[N+](C)(C)CC(=O)OCC. The molecule has 0 unspecified atom stereocenters. The summed E-state index contributed by atoms with van der Waals surface area (Å²) in [6, 6.07) is 0. The molecule has 0 N–H and O–H groups in total. The van der Waals surface area contributed by atoms with E-state index in [2.05, 4.69) is 21.0 Å². The fraction of sp³-hybridized carbons (Fsp3) is 0.958. The van der Waals surface area contributed by atoms with E-state index in [1.54, 1.807) is 0 Å². The lowest BCUT2D eigenvalue weighted by Gasteiger charge is -2.28. The summed E-state index contributed by atoms with van der Waals surface area (Å²) < 4.78 is 5.80. The Bertz CT molecular complexity index is 328. The Hall–Kier alpha value is -0.570. The second-order valence-corrected chi connectivity index (χ2v) is 8.93. The summed E-state index contributed by atoms with van der Waals surface area (Å²) in [6.07, 6.45) is 22.4. The van der Waals surface area contributed by atoms with E-state index in [0.717, 1.165) is 11.0 Å². The van der Waals surface area contributed by atoms with E-state index in [1.165, 1.54) is 103 Å². The molecule has 0 saturated heterocycles. The Morgan fingerprint density at radius 3 is 1.37 bits per heavy atom. The van der Waals surface area contributed by atoms with Crippen molar-refractivity contribution in [1.29, 1.82) is 0 Å². The van der Waals surface area contributed by atoms with Crippen molar-refractivity contribution in [3.63, 3.8) is 0 Å². The lowest BCUT2D eigenvalue weighted by molar-refractivity contribution is -0.883. The number of carbonyl (C=O) groups excluding carboxylic acids is 1. The highest BCUT2D eigenvalue weighted by Crippen LogP contribution is 2.14. The van der Waals surface area contributed by atoms with Gasteiger partial charge in [-0.15, -0.1) is 0 Å². The van der Waals surface area contributed by atoms with Crippen LogP contribution in [0.25, 0.3) is 0 Å². The molecule has 0 aliphatic rings. The van der Waals surface area contributed by atoms with Crippen molar-refractivity contribution in [1.82, 2.24) is 0 Å². The van der Waals surface area contributed by atoms with E-state index in [9.17, 15) is 4.79 Å². The van der Waals surface area contributed by atoms with Crippen molar-refractivity contribution in [2.24, 2.45) is 0 Å². The van der Waals surface area contributed by atoms with Crippen molar-refractivity contribution in [2.75, 3.05) is 33.8 Å². The average molecular weight is 385 g/mol. The molecular weight excluding hydrogens is 334 g/mol. The molecule has 0 radical (unpaired) electrons. The molecule has 3 heteroatoms. The van der Waals surface area contributed by atoms with Gasteiger partial charge in [-0.05, 0) is 19.8 Å². The first-order valence-corrected chi connectivity index (χ1v) is 12.0. The minimum Gasteiger partial charge on any atom is -0.462 e. The number of nitrogens with zero attached hydrogens (tertiary/aromatic N) is 1. The standard InChI is InChI=1S/C24H50NO2/c1-5-7-8-9-10-11-12-13-14-15-16-17-18-19-20-21-22-25(3,4)23-24(26)27-6-2/h5-23H2,1-4H3/q+1. The van der Waals surface area contributed by atoms with Gasteiger partial charge in [-0.3, -0.25) is 0 Å². The van der Waals surface area contributed by atoms with Gasteiger partial charge in [-0.1, -0.05) is 96.8 Å². The van der Waals surface area contributed by atoms with Crippen LogP contribution in [0.4, 0.5) is 0 Å². The summed E-state index contributed by atoms with van der Waals surface area (Å²) in [5.74, 6) is -0.0704. The second-order valence-electron chi connectivity index (χ2n) is 8.93. The number of carbonyl (C=O) groups is 1. The van der Waals surface area contributed by atoms with Crippen molar-refractivity contribution in [3.05, 3.63) is 0 Å². The molecule has 0 aromatic rings.